The van der Waals surface area contributed by atoms with Crippen molar-refractivity contribution in [1.29, 1.82) is 0 Å². The molecule has 2 bridgehead atoms. The Morgan fingerprint density at radius 3 is 2.55 bits per heavy atom. The molecule has 1 saturated heterocycles. The first-order valence-corrected chi connectivity index (χ1v) is 7.78. The Kier molecular flexibility index (Phi) is 3.23. The molecule has 22 heavy (non-hydrogen) atoms. The van der Waals surface area contributed by atoms with E-state index in [1.807, 2.05) is 18.2 Å². The van der Waals surface area contributed by atoms with E-state index in [1.165, 1.54) is 16.7 Å². The highest BCUT2D eigenvalue weighted by atomic mass is 16.5. The number of fused-ring (bicyclic) bond motifs is 5. The van der Waals surface area contributed by atoms with Gasteiger partial charge < -0.3 is 4.74 Å². The SMILES string of the molecule is COc1ccc(CN2C3CCC(=O)C2c2ccccc23)cc1. The summed E-state index contributed by atoms with van der Waals surface area (Å²) < 4.78 is 5.21. The van der Waals surface area contributed by atoms with Gasteiger partial charge >= 0.3 is 0 Å². The van der Waals surface area contributed by atoms with Crippen LogP contribution in [0, 0.1) is 0 Å². The van der Waals surface area contributed by atoms with E-state index in [0.717, 1.165) is 18.7 Å². The number of carbonyl (C=O) groups is 1. The van der Waals surface area contributed by atoms with Crippen LogP contribution in [0.15, 0.2) is 48.5 Å². The third-order valence-corrected chi connectivity index (χ3v) is 4.87. The van der Waals surface area contributed by atoms with Crippen molar-refractivity contribution >= 4 is 5.78 Å². The third-order valence-electron chi connectivity index (χ3n) is 4.87. The average molecular weight is 293 g/mol. The fraction of sp³-hybridized carbons (Fsp3) is 0.316. The number of piperidine rings is 1. The fourth-order valence-electron chi connectivity index (χ4n) is 3.84. The van der Waals surface area contributed by atoms with Gasteiger partial charge in [-0.05, 0) is 35.2 Å². The van der Waals surface area contributed by atoms with Gasteiger partial charge in [0.05, 0.1) is 13.2 Å². The van der Waals surface area contributed by atoms with Crippen molar-refractivity contribution in [3.8, 4) is 5.75 Å². The zero-order chi connectivity index (χ0) is 15.1. The van der Waals surface area contributed by atoms with Crippen molar-refractivity contribution in [3.05, 3.63) is 65.2 Å². The topological polar surface area (TPSA) is 29.5 Å². The Morgan fingerprint density at radius 2 is 1.82 bits per heavy atom. The number of nitrogens with zero attached hydrogens (tertiary/aromatic N) is 1. The minimum Gasteiger partial charge on any atom is -0.497 e. The molecule has 0 radical (unpaired) electrons. The molecule has 3 nitrogen and oxygen atoms in total. The van der Waals surface area contributed by atoms with Gasteiger partial charge in [0.1, 0.15) is 5.75 Å². The monoisotopic (exact) mass is 293 g/mol. The van der Waals surface area contributed by atoms with E-state index in [-0.39, 0.29) is 6.04 Å². The number of carbonyl (C=O) groups excluding carboxylic acids is 1. The van der Waals surface area contributed by atoms with E-state index >= 15 is 0 Å². The molecule has 0 N–H and O–H groups in total. The maximum absolute atomic E-state index is 12.5. The predicted octanol–water partition coefficient (Wildman–Crippen LogP) is 3.66. The molecular formula is C19H19NO2. The number of benzene rings is 2. The Morgan fingerprint density at radius 1 is 1.09 bits per heavy atom. The summed E-state index contributed by atoms with van der Waals surface area (Å²) in [5.41, 5.74) is 3.77. The Labute approximate surface area is 130 Å². The van der Waals surface area contributed by atoms with Crippen LogP contribution in [0.2, 0.25) is 0 Å². The molecule has 2 unspecified atom stereocenters. The van der Waals surface area contributed by atoms with Crippen molar-refractivity contribution < 1.29 is 9.53 Å². The maximum Gasteiger partial charge on any atom is 0.154 e. The van der Waals surface area contributed by atoms with Crippen LogP contribution in [0.3, 0.4) is 0 Å². The summed E-state index contributed by atoms with van der Waals surface area (Å²) in [6.07, 6.45) is 1.63. The van der Waals surface area contributed by atoms with E-state index in [4.69, 9.17) is 4.74 Å². The first-order valence-electron chi connectivity index (χ1n) is 7.78. The van der Waals surface area contributed by atoms with E-state index < -0.39 is 0 Å². The summed E-state index contributed by atoms with van der Waals surface area (Å²) in [7, 11) is 1.68. The lowest BCUT2D eigenvalue weighted by molar-refractivity contribution is -0.128. The zero-order valence-electron chi connectivity index (χ0n) is 12.7. The van der Waals surface area contributed by atoms with Gasteiger partial charge in [-0.2, -0.15) is 0 Å². The van der Waals surface area contributed by atoms with Crippen molar-refractivity contribution in [2.24, 2.45) is 0 Å². The zero-order valence-corrected chi connectivity index (χ0v) is 12.7. The average Bonchev–Trinajstić information content (AvgIpc) is 2.78. The van der Waals surface area contributed by atoms with Crippen LogP contribution in [-0.2, 0) is 11.3 Å². The minimum absolute atomic E-state index is 0.0583. The van der Waals surface area contributed by atoms with Gasteiger partial charge in [-0.3, -0.25) is 9.69 Å². The Balaban J connectivity index is 1.66. The quantitative estimate of drug-likeness (QED) is 0.865. The molecule has 2 aromatic rings. The van der Waals surface area contributed by atoms with Crippen LogP contribution in [0.1, 0.15) is 41.6 Å². The Bertz CT molecular complexity index is 708. The molecule has 0 spiro atoms. The highest BCUT2D eigenvalue weighted by molar-refractivity contribution is 5.88. The minimum atomic E-state index is -0.0583. The molecule has 2 aromatic carbocycles. The second-order valence-corrected chi connectivity index (χ2v) is 6.07. The van der Waals surface area contributed by atoms with Crippen LogP contribution < -0.4 is 4.74 Å². The lowest BCUT2D eigenvalue weighted by Gasteiger charge is -2.34. The van der Waals surface area contributed by atoms with E-state index in [0.29, 0.717) is 18.2 Å². The van der Waals surface area contributed by atoms with Crippen LogP contribution >= 0.6 is 0 Å². The second kappa shape index (κ2) is 5.25. The molecule has 3 heteroatoms. The molecule has 2 heterocycles. The standard InChI is InChI=1S/C19H19NO2/c1-22-14-8-6-13(7-9-14)12-20-17-10-11-18(21)19(20)16-5-3-2-4-15(16)17/h2-9,17,19H,10-12H2,1H3. The molecule has 112 valence electrons. The lowest BCUT2D eigenvalue weighted by atomic mass is 9.98. The van der Waals surface area contributed by atoms with Gasteiger partial charge in [0.25, 0.3) is 0 Å². The molecule has 2 atom stereocenters. The molecule has 0 amide bonds. The van der Waals surface area contributed by atoms with Gasteiger partial charge in [0.15, 0.2) is 5.78 Å². The molecule has 1 fully saturated rings. The highest BCUT2D eigenvalue weighted by Gasteiger charge is 2.45. The number of ether oxygens (including phenoxy) is 1. The number of rotatable bonds is 3. The van der Waals surface area contributed by atoms with Crippen LogP contribution in [0.5, 0.6) is 5.75 Å². The van der Waals surface area contributed by atoms with Crippen molar-refractivity contribution in [1.82, 2.24) is 4.90 Å². The summed E-state index contributed by atoms with van der Waals surface area (Å²) >= 11 is 0. The van der Waals surface area contributed by atoms with Gasteiger partial charge in [0.2, 0.25) is 0 Å². The number of Topliss-reactive ketones (excluding diaryl/α,β-unsaturated/α-hetero) is 1. The van der Waals surface area contributed by atoms with E-state index in [9.17, 15) is 4.79 Å². The summed E-state index contributed by atoms with van der Waals surface area (Å²) in [6, 6.07) is 16.9. The van der Waals surface area contributed by atoms with E-state index in [1.54, 1.807) is 7.11 Å². The molecule has 2 aliphatic rings. The normalized spacial score (nSPS) is 23.4. The maximum atomic E-state index is 12.5. The van der Waals surface area contributed by atoms with Gasteiger partial charge in [-0.15, -0.1) is 0 Å². The number of hydrogen-bond donors (Lipinski definition) is 0. The molecule has 0 saturated carbocycles. The lowest BCUT2D eigenvalue weighted by Crippen LogP contribution is -2.35. The number of ketones is 1. The molecule has 2 aliphatic heterocycles. The number of methoxy groups -OCH3 is 1. The molecule has 4 rings (SSSR count). The number of hydrogen-bond acceptors (Lipinski definition) is 3. The van der Waals surface area contributed by atoms with E-state index in [2.05, 4.69) is 35.2 Å². The fourth-order valence-corrected chi connectivity index (χ4v) is 3.84. The summed E-state index contributed by atoms with van der Waals surface area (Å²) in [4.78, 5) is 14.8. The summed E-state index contributed by atoms with van der Waals surface area (Å²) in [6.45, 7) is 0.805. The molecule has 0 aliphatic carbocycles. The van der Waals surface area contributed by atoms with Crippen molar-refractivity contribution in [2.45, 2.75) is 31.5 Å². The van der Waals surface area contributed by atoms with Gasteiger partial charge in [0, 0.05) is 19.0 Å². The first-order chi connectivity index (χ1) is 10.8. The Hall–Kier alpha value is -2.13. The predicted molar refractivity (Wildman–Crippen MR) is 84.7 cm³/mol. The van der Waals surface area contributed by atoms with Gasteiger partial charge in [-0.25, -0.2) is 0 Å². The molecule has 0 aromatic heterocycles. The summed E-state index contributed by atoms with van der Waals surface area (Å²) in [5.74, 6) is 1.22. The largest absolute Gasteiger partial charge is 0.497 e. The third kappa shape index (κ3) is 2.04. The van der Waals surface area contributed by atoms with Crippen LogP contribution in [-0.4, -0.2) is 17.8 Å². The molecular weight excluding hydrogens is 274 g/mol. The smallest absolute Gasteiger partial charge is 0.154 e. The van der Waals surface area contributed by atoms with Gasteiger partial charge in [-0.1, -0.05) is 36.4 Å². The van der Waals surface area contributed by atoms with Crippen molar-refractivity contribution in [2.75, 3.05) is 7.11 Å². The van der Waals surface area contributed by atoms with Crippen molar-refractivity contribution in [3.63, 3.8) is 0 Å². The summed E-state index contributed by atoms with van der Waals surface area (Å²) in [5, 5.41) is 0. The second-order valence-electron chi connectivity index (χ2n) is 6.07. The first kappa shape index (κ1) is 13.5. The van der Waals surface area contributed by atoms with Crippen LogP contribution in [0.4, 0.5) is 0 Å². The van der Waals surface area contributed by atoms with Crippen LogP contribution in [0.25, 0.3) is 0 Å². The highest BCUT2D eigenvalue weighted by Crippen LogP contribution is 2.49.